The second-order valence-corrected chi connectivity index (χ2v) is 28.9. The normalized spacial score (nSPS) is 14.5. The number of esters is 4. The fourth-order valence-corrected chi connectivity index (χ4v) is 11.7. The zero-order chi connectivity index (χ0) is 73.2. The number of carbonyl (C=O) groups excluding carboxylic acids is 4. The molecule has 0 aliphatic carbocycles. The van der Waals surface area contributed by atoms with Crippen molar-refractivity contribution in [3.8, 4) is 0 Å². The number of carbonyl (C=O) groups is 4. The molecule has 0 amide bonds. The Bertz CT molecular complexity index is 2320. The minimum atomic E-state index is -4.99. The van der Waals surface area contributed by atoms with E-state index in [1.165, 1.54) is 89.9 Å². The highest BCUT2D eigenvalue weighted by Gasteiger charge is 2.30. The summed E-state index contributed by atoms with van der Waals surface area (Å²) in [6.07, 6.45) is 77.9. The monoisotopic (exact) mass is 1450 g/mol. The van der Waals surface area contributed by atoms with Crippen LogP contribution in [0.1, 0.15) is 323 Å². The summed E-state index contributed by atoms with van der Waals surface area (Å²) in [6, 6.07) is 0. The van der Waals surface area contributed by atoms with Gasteiger partial charge in [-0.3, -0.25) is 37.3 Å². The molecule has 576 valence electrons. The van der Waals surface area contributed by atoms with Crippen molar-refractivity contribution in [1.29, 1.82) is 0 Å². The van der Waals surface area contributed by atoms with Crippen molar-refractivity contribution in [3.05, 3.63) is 109 Å². The van der Waals surface area contributed by atoms with Crippen LogP contribution >= 0.6 is 15.6 Å². The number of hydrogen-bond donors (Lipinski definition) is 3. The highest BCUT2D eigenvalue weighted by Crippen LogP contribution is 2.45. The molecule has 0 rings (SSSR count). The van der Waals surface area contributed by atoms with Crippen LogP contribution in [0.2, 0.25) is 0 Å². The second-order valence-electron chi connectivity index (χ2n) is 26.0. The number of ether oxygens (including phenoxy) is 4. The SMILES string of the molecule is CCCCC/C=C\C/C=C\C/C=C\C/C=C\CCCC(=O)O[C@H](COC(=O)CCCCCCC/C=C\C=C/CCCCCC)COP(=O)(O)OC[C@@H](O)COP(=O)(O)OC[C@@H](COC(=O)CCCCCCC/C=C\CCCCCC)OC(=O)CCCCCCC/C=C\C/C=C\CCCCC. The fourth-order valence-electron chi connectivity index (χ4n) is 10.2. The van der Waals surface area contributed by atoms with E-state index >= 15 is 0 Å². The molecule has 0 aromatic carbocycles. The predicted octanol–water partition coefficient (Wildman–Crippen LogP) is 22.6. The van der Waals surface area contributed by atoms with E-state index in [9.17, 15) is 43.2 Å². The first-order valence-corrected chi connectivity index (χ1v) is 42.1. The lowest BCUT2D eigenvalue weighted by atomic mass is 10.1. The van der Waals surface area contributed by atoms with E-state index in [-0.39, 0.29) is 25.7 Å². The molecular weight excluding hydrogens is 1310 g/mol. The van der Waals surface area contributed by atoms with Gasteiger partial charge in [0.1, 0.15) is 19.3 Å². The molecule has 0 saturated carbocycles. The summed E-state index contributed by atoms with van der Waals surface area (Å²) in [4.78, 5) is 72.9. The lowest BCUT2D eigenvalue weighted by Crippen LogP contribution is -2.30. The van der Waals surface area contributed by atoms with Gasteiger partial charge in [0.15, 0.2) is 12.2 Å². The van der Waals surface area contributed by atoms with Gasteiger partial charge < -0.3 is 33.8 Å². The average Bonchev–Trinajstić information content (AvgIpc) is 1.22. The van der Waals surface area contributed by atoms with Gasteiger partial charge in [0, 0.05) is 25.7 Å². The predicted molar refractivity (Wildman–Crippen MR) is 408 cm³/mol. The Balaban J connectivity index is 5.44. The molecule has 0 bridgehead atoms. The van der Waals surface area contributed by atoms with Crippen molar-refractivity contribution < 1.29 is 80.2 Å². The van der Waals surface area contributed by atoms with Gasteiger partial charge in [-0.05, 0) is 148 Å². The van der Waals surface area contributed by atoms with Gasteiger partial charge in [-0.2, -0.15) is 0 Å². The Morgan fingerprint density at radius 2 is 0.530 bits per heavy atom. The standard InChI is InChI=1S/C81H140O17P2/c1-5-9-13-17-21-25-29-33-36-37-40-44-48-52-56-60-64-68-81(86)98-77(72-92-79(84)66-62-58-54-50-46-42-38-34-30-26-22-18-14-10-6-2)74-96-100(89,90)94-70-75(82)69-93-99(87,88)95-73-76(71-91-78(83)65-61-57-53-49-45-41-32-28-24-20-16-12-8-4)97-80(85)67-63-59-55-51-47-43-39-35-31-27-23-19-15-11-7-3/h21,23,25-28,30,32-36,38-40,44,52,56,75-77,82H,5-20,22,24,29,31,37,41-43,45-51,53-55,57-74H2,1-4H3,(H,87,88)(H,89,90)/b25-21-,27-23-,30-26-,32-28-,36-33-,38-34-,39-35-,44-40-,56-52-/t75-,76+,77+/m0/s1. The third-order valence-electron chi connectivity index (χ3n) is 16.2. The summed E-state index contributed by atoms with van der Waals surface area (Å²) in [7, 11) is -9.98. The third-order valence-corrected chi connectivity index (χ3v) is 18.1. The fraction of sp³-hybridized carbons (Fsp3) is 0.728. The molecule has 19 heteroatoms. The summed E-state index contributed by atoms with van der Waals surface area (Å²) < 4.78 is 68.4. The molecule has 0 spiro atoms. The van der Waals surface area contributed by atoms with Gasteiger partial charge >= 0.3 is 39.5 Å². The Morgan fingerprint density at radius 3 is 0.880 bits per heavy atom. The van der Waals surface area contributed by atoms with Crippen molar-refractivity contribution in [2.24, 2.45) is 0 Å². The number of phosphoric ester groups is 2. The Morgan fingerprint density at radius 1 is 0.290 bits per heavy atom. The Kier molecular flexibility index (Phi) is 69.9. The molecule has 3 N–H and O–H groups in total. The quantitative estimate of drug-likeness (QED) is 0.0128. The first-order chi connectivity index (χ1) is 48.7. The maximum Gasteiger partial charge on any atom is 0.472 e. The molecular formula is C81H140O17P2. The first-order valence-electron chi connectivity index (χ1n) is 39.1. The van der Waals surface area contributed by atoms with Crippen LogP contribution in [0.3, 0.4) is 0 Å². The lowest BCUT2D eigenvalue weighted by molar-refractivity contribution is -0.161. The number of rotatable bonds is 73. The summed E-state index contributed by atoms with van der Waals surface area (Å²) in [5.41, 5.74) is 0. The molecule has 0 aromatic heterocycles. The van der Waals surface area contributed by atoms with Crippen LogP contribution in [0.15, 0.2) is 109 Å². The maximum absolute atomic E-state index is 13.1. The van der Waals surface area contributed by atoms with Crippen LogP contribution < -0.4 is 0 Å². The van der Waals surface area contributed by atoms with Crippen molar-refractivity contribution in [2.45, 2.75) is 341 Å². The van der Waals surface area contributed by atoms with E-state index in [4.69, 9.17) is 37.0 Å². The first kappa shape index (κ1) is 95.7. The van der Waals surface area contributed by atoms with Crippen LogP contribution in [0.4, 0.5) is 0 Å². The van der Waals surface area contributed by atoms with Crippen molar-refractivity contribution in [3.63, 3.8) is 0 Å². The minimum Gasteiger partial charge on any atom is -0.462 e. The molecule has 100 heavy (non-hydrogen) atoms. The topological polar surface area (TPSA) is 237 Å². The maximum atomic E-state index is 13.1. The molecule has 0 radical (unpaired) electrons. The van der Waals surface area contributed by atoms with E-state index < -0.39 is 97.5 Å². The number of unbranched alkanes of at least 4 members (excludes halogenated alkanes) is 30. The number of aliphatic hydroxyl groups is 1. The number of phosphoric acid groups is 2. The third kappa shape index (κ3) is 72.1. The van der Waals surface area contributed by atoms with E-state index in [0.29, 0.717) is 32.1 Å². The smallest absolute Gasteiger partial charge is 0.462 e. The Labute approximate surface area is 607 Å². The van der Waals surface area contributed by atoms with Crippen molar-refractivity contribution in [2.75, 3.05) is 39.6 Å². The van der Waals surface area contributed by atoms with Crippen molar-refractivity contribution >= 4 is 39.5 Å². The molecule has 0 heterocycles. The number of allylic oxidation sites excluding steroid dienone is 18. The van der Waals surface area contributed by atoms with E-state index in [2.05, 4.69) is 125 Å². The van der Waals surface area contributed by atoms with Gasteiger partial charge in [-0.25, -0.2) is 9.13 Å². The van der Waals surface area contributed by atoms with Gasteiger partial charge in [0.25, 0.3) is 0 Å². The second kappa shape index (κ2) is 73.0. The molecule has 17 nitrogen and oxygen atoms in total. The summed E-state index contributed by atoms with van der Waals surface area (Å²) in [5.74, 6) is -2.28. The summed E-state index contributed by atoms with van der Waals surface area (Å²) in [5, 5.41) is 10.6. The van der Waals surface area contributed by atoms with E-state index in [1.807, 2.05) is 12.2 Å². The minimum absolute atomic E-state index is 0.0144. The molecule has 0 aromatic rings. The highest BCUT2D eigenvalue weighted by molar-refractivity contribution is 7.47. The highest BCUT2D eigenvalue weighted by atomic mass is 31.2. The molecule has 0 aliphatic rings. The molecule has 0 fully saturated rings. The van der Waals surface area contributed by atoms with Gasteiger partial charge in [0.2, 0.25) is 0 Å². The Hall–Kier alpha value is -4.28. The van der Waals surface area contributed by atoms with E-state index in [0.717, 1.165) is 148 Å². The molecule has 0 saturated heterocycles. The van der Waals surface area contributed by atoms with Crippen LogP contribution in [0.5, 0.6) is 0 Å². The molecule has 0 aliphatic heterocycles. The van der Waals surface area contributed by atoms with Crippen LogP contribution in [-0.2, 0) is 65.4 Å². The van der Waals surface area contributed by atoms with Crippen molar-refractivity contribution in [1.82, 2.24) is 0 Å². The van der Waals surface area contributed by atoms with Gasteiger partial charge in [0.05, 0.1) is 26.4 Å². The lowest BCUT2D eigenvalue weighted by Gasteiger charge is -2.21. The van der Waals surface area contributed by atoms with Crippen LogP contribution in [0, 0.1) is 0 Å². The summed E-state index contributed by atoms with van der Waals surface area (Å²) >= 11 is 0. The number of aliphatic hydroxyl groups excluding tert-OH is 1. The zero-order valence-electron chi connectivity index (χ0n) is 62.8. The van der Waals surface area contributed by atoms with E-state index in [1.54, 1.807) is 0 Å². The van der Waals surface area contributed by atoms with Crippen LogP contribution in [-0.4, -0.2) is 96.7 Å². The average molecular weight is 1450 g/mol. The molecule has 2 unspecified atom stereocenters. The summed E-state index contributed by atoms with van der Waals surface area (Å²) in [6.45, 7) is 4.69. The van der Waals surface area contributed by atoms with Gasteiger partial charge in [-0.15, -0.1) is 0 Å². The zero-order valence-corrected chi connectivity index (χ0v) is 64.6. The van der Waals surface area contributed by atoms with Gasteiger partial charge in [-0.1, -0.05) is 259 Å². The number of hydrogen-bond acceptors (Lipinski definition) is 15. The van der Waals surface area contributed by atoms with Crippen LogP contribution in [0.25, 0.3) is 0 Å². The molecule has 5 atom stereocenters. The largest absolute Gasteiger partial charge is 0.472 e.